The van der Waals surface area contributed by atoms with E-state index in [2.05, 4.69) is 100 Å². The Kier molecular flexibility index (Phi) is 5.39. The number of fused-ring (bicyclic) bond motifs is 4. The van der Waals surface area contributed by atoms with Gasteiger partial charge in [-0.1, -0.05) is 66.7 Å². The second-order valence-electron chi connectivity index (χ2n) is 10.6. The molecule has 2 heteroatoms. The van der Waals surface area contributed by atoms with E-state index in [1.807, 2.05) is 0 Å². The van der Waals surface area contributed by atoms with Crippen LogP contribution in [0.3, 0.4) is 0 Å². The van der Waals surface area contributed by atoms with E-state index in [0.29, 0.717) is 0 Å². The fourth-order valence-electron chi connectivity index (χ4n) is 7.06. The highest BCUT2D eigenvalue weighted by Crippen LogP contribution is 2.55. The summed E-state index contributed by atoms with van der Waals surface area (Å²) in [5.74, 6) is 0. The Labute approximate surface area is 211 Å². The summed E-state index contributed by atoms with van der Waals surface area (Å²) in [5.41, 5.74) is 19.3. The Bertz CT molecular complexity index is 1370. The lowest BCUT2D eigenvalue weighted by Gasteiger charge is -2.34. The summed E-state index contributed by atoms with van der Waals surface area (Å²) in [7, 11) is -0.714. The van der Waals surface area contributed by atoms with Gasteiger partial charge in [0, 0.05) is 11.1 Å². The molecule has 0 bridgehead atoms. The molecule has 0 radical (unpaired) electrons. The summed E-state index contributed by atoms with van der Waals surface area (Å²) in [6, 6.07) is 27.3. The molecule has 1 spiro atoms. The third-order valence-corrected chi connectivity index (χ3v) is 11.6. The average Bonchev–Trinajstić information content (AvgIpc) is 3.40. The Balaban J connectivity index is 1.70. The molecular weight excluding hydrogens is 441 g/mol. The van der Waals surface area contributed by atoms with Gasteiger partial charge >= 0.3 is 0 Å². The minimum absolute atomic E-state index is 0.0420. The molecule has 0 amide bonds. The first-order valence-electron chi connectivity index (χ1n) is 12.8. The number of nitrogens with two attached hydrogens (primary N) is 1. The maximum Gasteiger partial charge on any atom is 0.0358 e. The lowest BCUT2D eigenvalue weighted by atomic mass is 9.76. The van der Waals surface area contributed by atoms with Crippen molar-refractivity contribution in [2.75, 3.05) is 5.73 Å². The lowest BCUT2D eigenvalue weighted by Crippen LogP contribution is -2.34. The van der Waals surface area contributed by atoms with E-state index in [4.69, 9.17) is 5.73 Å². The normalized spacial score (nSPS) is 18.3. The van der Waals surface area contributed by atoms with E-state index in [0.717, 1.165) is 18.5 Å². The molecule has 4 aromatic rings. The molecular formula is C33H34NP. The minimum Gasteiger partial charge on any atom is -0.398 e. The second-order valence-corrected chi connectivity index (χ2v) is 12.6. The molecule has 0 heterocycles. The van der Waals surface area contributed by atoms with Crippen molar-refractivity contribution in [3.63, 3.8) is 0 Å². The predicted octanol–water partition coefficient (Wildman–Crippen LogP) is 6.44. The highest BCUT2D eigenvalue weighted by atomic mass is 31.1. The zero-order chi connectivity index (χ0) is 24.3. The highest BCUT2D eigenvalue weighted by Gasteiger charge is 2.48. The molecule has 2 aliphatic rings. The zero-order valence-corrected chi connectivity index (χ0v) is 22.2. The molecule has 2 aliphatic carbocycles. The third-order valence-electron chi connectivity index (χ3n) is 8.48. The van der Waals surface area contributed by atoms with Gasteiger partial charge in [0.25, 0.3) is 0 Å². The zero-order valence-electron chi connectivity index (χ0n) is 21.3. The van der Waals surface area contributed by atoms with Crippen molar-refractivity contribution in [3.05, 3.63) is 117 Å². The van der Waals surface area contributed by atoms with Gasteiger partial charge in [-0.3, -0.25) is 0 Å². The Hall–Kier alpha value is -2.89. The van der Waals surface area contributed by atoms with Gasteiger partial charge in [0.15, 0.2) is 0 Å². The quantitative estimate of drug-likeness (QED) is 0.268. The second kappa shape index (κ2) is 8.35. The van der Waals surface area contributed by atoms with Crippen molar-refractivity contribution < 1.29 is 0 Å². The first-order chi connectivity index (χ1) is 16.9. The number of rotatable bonds is 3. The van der Waals surface area contributed by atoms with Gasteiger partial charge in [-0.2, -0.15) is 0 Å². The number of aryl methyl sites for hydroxylation is 6. The monoisotopic (exact) mass is 475 g/mol. The maximum atomic E-state index is 6.73. The van der Waals surface area contributed by atoms with E-state index >= 15 is 0 Å². The summed E-state index contributed by atoms with van der Waals surface area (Å²) in [6.45, 7) is 9.19. The number of benzene rings is 4. The van der Waals surface area contributed by atoms with Crippen LogP contribution in [0.2, 0.25) is 0 Å². The first-order valence-corrected chi connectivity index (χ1v) is 14.2. The van der Waals surface area contributed by atoms with Crippen LogP contribution < -0.4 is 21.6 Å². The minimum atomic E-state index is -0.714. The van der Waals surface area contributed by atoms with Crippen LogP contribution in [0.1, 0.15) is 57.3 Å². The molecule has 1 nitrogen and oxygen atoms in total. The molecule has 1 atom stereocenters. The van der Waals surface area contributed by atoms with Gasteiger partial charge in [0.05, 0.1) is 0 Å². The van der Waals surface area contributed by atoms with Gasteiger partial charge in [-0.25, -0.2) is 0 Å². The van der Waals surface area contributed by atoms with Gasteiger partial charge in [-0.05, 0) is 128 Å². The van der Waals surface area contributed by atoms with Crippen LogP contribution in [0.15, 0.2) is 72.8 Å². The average molecular weight is 476 g/mol. The van der Waals surface area contributed by atoms with E-state index in [1.165, 1.54) is 62.4 Å². The van der Waals surface area contributed by atoms with Crippen LogP contribution in [0, 0.1) is 27.7 Å². The fraction of sp³-hybridized carbons (Fsp3) is 0.273. The molecule has 0 fully saturated rings. The molecule has 0 aromatic heterocycles. The van der Waals surface area contributed by atoms with Crippen LogP contribution in [0.4, 0.5) is 5.69 Å². The van der Waals surface area contributed by atoms with Crippen molar-refractivity contribution in [3.8, 4) is 0 Å². The number of hydrogen-bond acceptors (Lipinski definition) is 1. The largest absolute Gasteiger partial charge is 0.398 e. The van der Waals surface area contributed by atoms with Crippen molar-refractivity contribution in [1.29, 1.82) is 0 Å². The topological polar surface area (TPSA) is 26.0 Å². The summed E-state index contributed by atoms with van der Waals surface area (Å²) in [6.07, 6.45) is 4.60. The summed E-state index contributed by atoms with van der Waals surface area (Å²) < 4.78 is 0. The Morgan fingerprint density at radius 1 is 0.600 bits per heavy atom. The highest BCUT2D eigenvalue weighted by molar-refractivity contribution is 7.80. The standard InChI is InChI=1S/C33H34NP/c1-21-9-5-10-22(2)31(21)35(32-23(3)11-6-12-24(32)4)28-16-8-14-26-18-20-33(30(26)28)19-17-25-13-7-15-27(34)29(25)33/h5-16H,17-20,34H2,1-4H3/t33-/m1/s1. The maximum absolute atomic E-state index is 6.73. The molecule has 6 rings (SSSR count). The number of hydrogen-bond donors (Lipinski definition) is 1. The molecule has 0 unspecified atom stereocenters. The van der Waals surface area contributed by atoms with Crippen molar-refractivity contribution in [1.82, 2.24) is 0 Å². The Morgan fingerprint density at radius 2 is 1.06 bits per heavy atom. The smallest absolute Gasteiger partial charge is 0.0358 e. The Morgan fingerprint density at radius 3 is 1.60 bits per heavy atom. The van der Waals surface area contributed by atoms with Crippen LogP contribution in [0.25, 0.3) is 0 Å². The number of anilines is 1. The van der Waals surface area contributed by atoms with Gasteiger partial charge in [0.2, 0.25) is 0 Å². The van der Waals surface area contributed by atoms with Crippen LogP contribution in [-0.4, -0.2) is 0 Å². The van der Waals surface area contributed by atoms with Gasteiger partial charge in [0.1, 0.15) is 0 Å². The SMILES string of the molecule is Cc1cccc(C)c1P(c1cccc2c1[C@]1(CCc3cccc(N)c31)CC2)c1c(C)cccc1C. The summed E-state index contributed by atoms with van der Waals surface area (Å²) in [5, 5.41) is 4.59. The van der Waals surface area contributed by atoms with Gasteiger partial charge < -0.3 is 5.73 Å². The van der Waals surface area contributed by atoms with E-state index in [9.17, 15) is 0 Å². The first kappa shape index (κ1) is 22.6. The van der Waals surface area contributed by atoms with Gasteiger partial charge in [-0.15, -0.1) is 0 Å². The van der Waals surface area contributed by atoms with E-state index < -0.39 is 7.92 Å². The van der Waals surface area contributed by atoms with Crippen LogP contribution >= 0.6 is 7.92 Å². The molecule has 2 N–H and O–H groups in total. The van der Waals surface area contributed by atoms with Crippen molar-refractivity contribution >= 4 is 29.5 Å². The van der Waals surface area contributed by atoms with Crippen molar-refractivity contribution in [2.45, 2.75) is 58.8 Å². The summed E-state index contributed by atoms with van der Waals surface area (Å²) in [4.78, 5) is 0. The fourth-order valence-corrected chi connectivity index (χ4v) is 10.3. The molecule has 176 valence electrons. The molecule has 4 aromatic carbocycles. The molecule has 35 heavy (non-hydrogen) atoms. The molecule has 0 saturated carbocycles. The van der Waals surface area contributed by atoms with E-state index in [-0.39, 0.29) is 5.41 Å². The molecule has 0 saturated heterocycles. The predicted molar refractivity (Wildman–Crippen MR) is 152 cm³/mol. The van der Waals surface area contributed by atoms with Crippen molar-refractivity contribution in [2.24, 2.45) is 0 Å². The molecule has 0 aliphatic heterocycles. The number of nitrogen functional groups attached to an aromatic ring is 1. The third kappa shape index (κ3) is 3.32. The van der Waals surface area contributed by atoms with Crippen LogP contribution in [0.5, 0.6) is 0 Å². The lowest BCUT2D eigenvalue weighted by molar-refractivity contribution is 0.511. The summed E-state index contributed by atoms with van der Waals surface area (Å²) >= 11 is 0. The van der Waals surface area contributed by atoms with Crippen LogP contribution in [-0.2, 0) is 18.3 Å². The van der Waals surface area contributed by atoms with E-state index in [1.54, 1.807) is 10.9 Å².